The Morgan fingerprint density at radius 2 is 1.86 bits per heavy atom. The van der Waals surface area contributed by atoms with E-state index in [1.165, 1.54) is 12.4 Å². The van der Waals surface area contributed by atoms with Crippen LogP contribution in [0.1, 0.15) is 5.56 Å². The summed E-state index contributed by atoms with van der Waals surface area (Å²) in [5.74, 6) is 0.479. The van der Waals surface area contributed by atoms with E-state index in [9.17, 15) is 13.2 Å². The molecule has 1 aromatic carbocycles. The Hall–Kier alpha value is -2.84. The van der Waals surface area contributed by atoms with E-state index in [-0.39, 0.29) is 17.3 Å². The van der Waals surface area contributed by atoms with Gasteiger partial charge in [-0.3, -0.25) is 0 Å². The molecular weight excluding hydrogens is 285 g/mol. The highest BCUT2D eigenvalue weighted by Crippen LogP contribution is 2.34. The van der Waals surface area contributed by atoms with Crippen molar-refractivity contribution >= 4 is 22.7 Å². The number of nitrogens with two attached hydrogens (primary N) is 2. The highest BCUT2D eigenvalue weighted by atomic mass is 19.4. The van der Waals surface area contributed by atoms with Crippen molar-refractivity contribution in [2.75, 3.05) is 11.5 Å². The van der Waals surface area contributed by atoms with Crippen LogP contribution in [0.2, 0.25) is 0 Å². The number of hydrogen-bond donors (Lipinski definition) is 3. The molecule has 0 radical (unpaired) electrons. The molecular formula is C12H9F3N6. The second kappa shape index (κ2) is 4.33. The second-order valence-corrected chi connectivity index (χ2v) is 4.34. The van der Waals surface area contributed by atoms with Gasteiger partial charge < -0.3 is 16.5 Å². The van der Waals surface area contributed by atoms with Gasteiger partial charge in [0, 0.05) is 11.3 Å². The van der Waals surface area contributed by atoms with E-state index in [4.69, 9.17) is 11.5 Å². The third-order valence-corrected chi connectivity index (χ3v) is 2.95. The number of H-pyrrole nitrogens is 1. The summed E-state index contributed by atoms with van der Waals surface area (Å²) in [5, 5.41) is 0. The lowest BCUT2D eigenvalue weighted by Crippen LogP contribution is -2.06. The van der Waals surface area contributed by atoms with E-state index in [2.05, 4.69) is 19.9 Å². The van der Waals surface area contributed by atoms with Gasteiger partial charge in [0.2, 0.25) is 0 Å². The Morgan fingerprint density at radius 3 is 2.48 bits per heavy atom. The maximum atomic E-state index is 12.6. The van der Waals surface area contributed by atoms with Crippen molar-refractivity contribution < 1.29 is 13.2 Å². The Balaban J connectivity index is 2.13. The standard InChI is InChI=1S/C12H9F3N6/c13-12(14,15)5-1-2-6(7(16)3-5)10-20-8-9(17)18-4-19-11(8)21-10/h1-4H,16H2,(H3,17,18,19,20,21). The summed E-state index contributed by atoms with van der Waals surface area (Å²) in [7, 11) is 0. The predicted molar refractivity (Wildman–Crippen MR) is 70.9 cm³/mol. The van der Waals surface area contributed by atoms with Gasteiger partial charge in [-0.25, -0.2) is 15.0 Å². The van der Waals surface area contributed by atoms with E-state index < -0.39 is 11.7 Å². The molecule has 0 bridgehead atoms. The number of aromatic amines is 1. The van der Waals surface area contributed by atoms with Gasteiger partial charge in [-0.15, -0.1) is 0 Å². The van der Waals surface area contributed by atoms with Crippen LogP contribution in [0.25, 0.3) is 22.6 Å². The van der Waals surface area contributed by atoms with E-state index in [1.54, 1.807) is 0 Å². The molecule has 0 aliphatic heterocycles. The highest BCUT2D eigenvalue weighted by molar-refractivity contribution is 5.86. The lowest BCUT2D eigenvalue weighted by molar-refractivity contribution is -0.137. The molecule has 0 amide bonds. The molecule has 108 valence electrons. The topological polar surface area (TPSA) is 106 Å². The number of hydrogen-bond acceptors (Lipinski definition) is 5. The molecule has 0 saturated carbocycles. The normalized spacial score (nSPS) is 12.0. The van der Waals surface area contributed by atoms with Gasteiger partial charge in [0.25, 0.3) is 0 Å². The molecule has 6 nitrogen and oxygen atoms in total. The first-order valence-electron chi connectivity index (χ1n) is 5.79. The summed E-state index contributed by atoms with van der Waals surface area (Å²) in [4.78, 5) is 14.7. The summed E-state index contributed by atoms with van der Waals surface area (Å²) in [5.41, 5.74) is 11.5. The van der Waals surface area contributed by atoms with Gasteiger partial charge in [0.05, 0.1) is 5.56 Å². The lowest BCUT2D eigenvalue weighted by atomic mass is 10.1. The van der Waals surface area contributed by atoms with Crippen molar-refractivity contribution in [3.63, 3.8) is 0 Å². The van der Waals surface area contributed by atoms with Crippen LogP contribution in [0.4, 0.5) is 24.7 Å². The minimum atomic E-state index is -4.45. The quantitative estimate of drug-likeness (QED) is 0.596. The molecule has 0 spiro atoms. The molecule has 3 aromatic rings. The number of anilines is 2. The molecule has 5 N–H and O–H groups in total. The predicted octanol–water partition coefficient (Wildman–Crippen LogP) is 2.20. The summed E-state index contributed by atoms with van der Waals surface area (Å²) in [6, 6.07) is 3.05. The molecule has 0 unspecified atom stereocenters. The number of rotatable bonds is 1. The van der Waals surface area contributed by atoms with Gasteiger partial charge >= 0.3 is 6.18 Å². The van der Waals surface area contributed by atoms with Crippen LogP contribution in [0.3, 0.4) is 0 Å². The summed E-state index contributed by atoms with van der Waals surface area (Å²) in [6.07, 6.45) is -3.20. The Bertz CT molecular complexity index is 823. The van der Waals surface area contributed by atoms with Crippen LogP contribution in [-0.4, -0.2) is 19.9 Å². The maximum Gasteiger partial charge on any atom is 0.416 e. The van der Waals surface area contributed by atoms with Gasteiger partial charge in [-0.05, 0) is 18.2 Å². The molecule has 2 aromatic heterocycles. The molecule has 9 heteroatoms. The first-order chi connectivity index (χ1) is 9.86. The SMILES string of the molecule is Nc1cc(C(F)(F)F)ccc1-c1nc2ncnc(N)c2[nH]1. The van der Waals surface area contributed by atoms with Crippen LogP contribution < -0.4 is 11.5 Å². The molecule has 0 saturated heterocycles. The number of imidazole rings is 1. The molecule has 0 aliphatic rings. The van der Waals surface area contributed by atoms with Gasteiger partial charge in [-0.1, -0.05) is 0 Å². The number of nitrogens with zero attached hydrogens (tertiary/aromatic N) is 3. The van der Waals surface area contributed by atoms with Crippen LogP contribution in [0.5, 0.6) is 0 Å². The first kappa shape index (κ1) is 13.2. The van der Waals surface area contributed by atoms with Gasteiger partial charge in [-0.2, -0.15) is 13.2 Å². The number of alkyl halides is 3. The molecule has 0 aliphatic carbocycles. The number of fused-ring (bicyclic) bond motifs is 1. The highest BCUT2D eigenvalue weighted by Gasteiger charge is 2.31. The maximum absolute atomic E-state index is 12.6. The van der Waals surface area contributed by atoms with Crippen LogP contribution in [-0.2, 0) is 6.18 Å². The summed E-state index contributed by atoms with van der Waals surface area (Å²) >= 11 is 0. The zero-order chi connectivity index (χ0) is 15.2. The van der Waals surface area contributed by atoms with Crippen LogP contribution >= 0.6 is 0 Å². The summed E-state index contributed by atoms with van der Waals surface area (Å²) < 4.78 is 37.8. The minimum Gasteiger partial charge on any atom is -0.398 e. The van der Waals surface area contributed by atoms with E-state index in [1.807, 2.05) is 0 Å². The number of halogens is 3. The second-order valence-electron chi connectivity index (χ2n) is 4.34. The molecule has 0 atom stereocenters. The molecule has 0 fully saturated rings. The average molecular weight is 294 g/mol. The van der Waals surface area contributed by atoms with E-state index in [0.29, 0.717) is 16.7 Å². The van der Waals surface area contributed by atoms with Crippen molar-refractivity contribution in [2.45, 2.75) is 6.18 Å². The van der Waals surface area contributed by atoms with Crippen LogP contribution in [0.15, 0.2) is 24.5 Å². The fourth-order valence-electron chi connectivity index (χ4n) is 1.93. The zero-order valence-electron chi connectivity index (χ0n) is 10.4. The number of benzene rings is 1. The fraction of sp³-hybridized carbons (Fsp3) is 0.0833. The summed E-state index contributed by atoms with van der Waals surface area (Å²) in [6.45, 7) is 0. The first-order valence-corrected chi connectivity index (χ1v) is 5.79. The average Bonchev–Trinajstić information content (AvgIpc) is 2.82. The third kappa shape index (κ3) is 2.22. The molecule has 2 heterocycles. The van der Waals surface area contributed by atoms with Crippen molar-refractivity contribution in [1.29, 1.82) is 0 Å². The fourth-order valence-corrected chi connectivity index (χ4v) is 1.93. The molecule has 3 rings (SSSR count). The number of aromatic nitrogens is 4. The monoisotopic (exact) mass is 294 g/mol. The Kier molecular flexibility index (Phi) is 2.71. The lowest BCUT2D eigenvalue weighted by Gasteiger charge is -2.09. The Labute approximate surface area is 116 Å². The number of nitrogen functional groups attached to an aromatic ring is 2. The third-order valence-electron chi connectivity index (χ3n) is 2.95. The van der Waals surface area contributed by atoms with E-state index in [0.717, 1.165) is 12.1 Å². The van der Waals surface area contributed by atoms with Crippen molar-refractivity contribution in [2.24, 2.45) is 0 Å². The van der Waals surface area contributed by atoms with Gasteiger partial charge in [0.1, 0.15) is 17.7 Å². The van der Waals surface area contributed by atoms with Crippen molar-refractivity contribution in [1.82, 2.24) is 19.9 Å². The Morgan fingerprint density at radius 1 is 1.10 bits per heavy atom. The van der Waals surface area contributed by atoms with E-state index >= 15 is 0 Å². The molecule has 21 heavy (non-hydrogen) atoms. The largest absolute Gasteiger partial charge is 0.416 e. The van der Waals surface area contributed by atoms with Crippen molar-refractivity contribution in [3.05, 3.63) is 30.1 Å². The van der Waals surface area contributed by atoms with Gasteiger partial charge in [0.15, 0.2) is 11.5 Å². The van der Waals surface area contributed by atoms with Crippen LogP contribution in [0, 0.1) is 0 Å². The number of nitrogens with one attached hydrogen (secondary N) is 1. The van der Waals surface area contributed by atoms with Crippen molar-refractivity contribution in [3.8, 4) is 11.4 Å². The minimum absolute atomic E-state index is 0.0459. The smallest absolute Gasteiger partial charge is 0.398 e. The zero-order valence-corrected chi connectivity index (χ0v) is 10.4.